The van der Waals surface area contributed by atoms with Crippen LogP contribution in [0.2, 0.25) is 0 Å². The van der Waals surface area contributed by atoms with Gasteiger partial charge in [-0.1, -0.05) is 0 Å². The first-order valence-electron chi connectivity index (χ1n) is 7.89. The van der Waals surface area contributed by atoms with Crippen LogP contribution in [0.5, 0.6) is 6.01 Å². The fourth-order valence-electron chi connectivity index (χ4n) is 2.40. The highest BCUT2D eigenvalue weighted by Gasteiger charge is 2.13. The van der Waals surface area contributed by atoms with E-state index in [1.807, 2.05) is 26.2 Å². The summed E-state index contributed by atoms with van der Waals surface area (Å²) in [6.45, 7) is 3.28. The number of methoxy groups -OCH3 is 1. The monoisotopic (exact) mass is 353 g/mol. The summed E-state index contributed by atoms with van der Waals surface area (Å²) >= 11 is 0. The van der Waals surface area contributed by atoms with Gasteiger partial charge in [-0.05, 0) is 13.0 Å². The van der Waals surface area contributed by atoms with Gasteiger partial charge in [0, 0.05) is 49.8 Å². The predicted molar refractivity (Wildman–Crippen MR) is 97.3 cm³/mol. The summed E-state index contributed by atoms with van der Waals surface area (Å²) in [6, 6.07) is 5.67. The molecule has 134 valence electrons. The molecule has 0 aliphatic carbocycles. The minimum atomic E-state index is -0.200. The number of aromatic nitrogens is 5. The lowest BCUT2D eigenvalue weighted by molar-refractivity contribution is -0.114. The molecule has 0 unspecified atom stereocenters. The van der Waals surface area contributed by atoms with Crippen LogP contribution < -0.4 is 15.4 Å². The minimum Gasteiger partial charge on any atom is -0.467 e. The van der Waals surface area contributed by atoms with Gasteiger partial charge in [0.1, 0.15) is 11.6 Å². The summed E-state index contributed by atoms with van der Waals surface area (Å²) in [5.74, 6) is 0.789. The number of carbonyl (C=O) groups excluding carboxylic acids is 1. The standard InChI is InChI=1S/C17H19N7O2/c1-10-7-16(22-17(19-10)26-4)21-14-8-15(20-11(2)25)18-9-12(14)13-5-6-24(3)23-13/h5-9H,1-4H3,(H2,18,19,20,21,22,25). The average molecular weight is 353 g/mol. The highest BCUT2D eigenvalue weighted by Crippen LogP contribution is 2.30. The molecular formula is C17H19N7O2. The molecule has 2 N–H and O–H groups in total. The highest BCUT2D eigenvalue weighted by atomic mass is 16.5. The Labute approximate surface area is 150 Å². The summed E-state index contributed by atoms with van der Waals surface area (Å²) < 4.78 is 6.83. The number of hydrogen-bond acceptors (Lipinski definition) is 7. The van der Waals surface area contributed by atoms with Gasteiger partial charge in [0.2, 0.25) is 5.91 Å². The van der Waals surface area contributed by atoms with Crippen molar-refractivity contribution in [2.75, 3.05) is 17.7 Å². The van der Waals surface area contributed by atoms with E-state index >= 15 is 0 Å². The third-order valence-corrected chi connectivity index (χ3v) is 3.48. The van der Waals surface area contributed by atoms with Crippen molar-refractivity contribution in [3.8, 4) is 17.3 Å². The van der Waals surface area contributed by atoms with Gasteiger partial charge >= 0.3 is 6.01 Å². The molecule has 26 heavy (non-hydrogen) atoms. The average Bonchev–Trinajstić information content (AvgIpc) is 3.00. The Morgan fingerprint density at radius 1 is 1.23 bits per heavy atom. The van der Waals surface area contributed by atoms with Crippen LogP contribution in [0.1, 0.15) is 12.6 Å². The maximum atomic E-state index is 11.3. The normalized spacial score (nSPS) is 10.5. The first-order valence-corrected chi connectivity index (χ1v) is 7.89. The van der Waals surface area contributed by atoms with Crippen molar-refractivity contribution >= 4 is 23.2 Å². The predicted octanol–water partition coefficient (Wildman–Crippen LogP) is 2.29. The Balaban J connectivity index is 2.04. The number of nitrogens with one attached hydrogen (secondary N) is 2. The molecule has 0 saturated carbocycles. The third kappa shape index (κ3) is 3.94. The quantitative estimate of drug-likeness (QED) is 0.724. The Morgan fingerprint density at radius 2 is 2.04 bits per heavy atom. The zero-order valence-corrected chi connectivity index (χ0v) is 14.9. The number of amides is 1. The van der Waals surface area contributed by atoms with E-state index in [0.29, 0.717) is 17.3 Å². The Morgan fingerprint density at radius 3 is 2.69 bits per heavy atom. The SMILES string of the molecule is COc1nc(C)cc(Nc2cc(NC(C)=O)ncc2-c2ccn(C)n2)n1. The highest BCUT2D eigenvalue weighted by molar-refractivity contribution is 5.89. The van der Waals surface area contributed by atoms with E-state index in [9.17, 15) is 4.79 Å². The van der Waals surface area contributed by atoms with E-state index in [2.05, 4.69) is 30.7 Å². The van der Waals surface area contributed by atoms with Crippen LogP contribution in [0.4, 0.5) is 17.3 Å². The second-order valence-corrected chi connectivity index (χ2v) is 5.68. The molecule has 0 atom stereocenters. The van der Waals surface area contributed by atoms with Gasteiger partial charge in [-0.15, -0.1) is 0 Å². The number of hydrogen-bond donors (Lipinski definition) is 2. The number of nitrogens with zero attached hydrogens (tertiary/aromatic N) is 5. The first-order chi connectivity index (χ1) is 12.4. The summed E-state index contributed by atoms with van der Waals surface area (Å²) in [5, 5.41) is 10.3. The maximum Gasteiger partial charge on any atom is 0.318 e. The smallest absolute Gasteiger partial charge is 0.318 e. The van der Waals surface area contributed by atoms with Gasteiger partial charge in [0.15, 0.2) is 0 Å². The maximum absolute atomic E-state index is 11.3. The number of ether oxygens (including phenoxy) is 1. The second-order valence-electron chi connectivity index (χ2n) is 5.68. The van der Waals surface area contributed by atoms with E-state index in [1.165, 1.54) is 14.0 Å². The molecule has 1 amide bonds. The van der Waals surface area contributed by atoms with E-state index in [-0.39, 0.29) is 11.9 Å². The molecule has 0 spiro atoms. The molecule has 3 aromatic rings. The van der Waals surface area contributed by atoms with Crippen LogP contribution in [0.3, 0.4) is 0 Å². The Bertz CT molecular complexity index is 952. The fourth-order valence-corrected chi connectivity index (χ4v) is 2.40. The van der Waals surface area contributed by atoms with Gasteiger partial charge < -0.3 is 15.4 Å². The summed E-state index contributed by atoms with van der Waals surface area (Å²) in [7, 11) is 3.35. The van der Waals surface area contributed by atoms with E-state index < -0.39 is 0 Å². The zero-order chi connectivity index (χ0) is 18.7. The molecule has 0 aromatic carbocycles. The van der Waals surface area contributed by atoms with Gasteiger partial charge in [-0.25, -0.2) is 9.97 Å². The van der Waals surface area contributed by atoms with Crippen LogP contribution in [0.25, 0.3) is 11.3 Å². The lowest BCUT2D eigenvalue weighted by Gasteiger charge is -2.13. The van der Waals surface area contributed by atoms with Crippen molar-refractivity contribution < 1.29 is 9.53 Å². The van der Waals surface area contributed by atoms with Crippen molar-refractivity contribution in [2.24, 2.45) is 7.05 Å². The van der Waals surface area contributed by atoms with Gasteiger partial charge in [0.25, 0.3) is 0 Å². The van der Waals surface area contributed by atoms with Crippen LogP contribution in [-0.4, -0.2) is 37.7 Å². The lowest BCUT2D eigenvalue weighted by Crippen LogP contribution is -2.08. The Hall–Kier alpha value is -3.49. The number of rotatable bonds is 5. The third-order valence-electron chi connectivity index (χ3n) is 3.48. The van der Waals surface area contributed by atoms with Crippen molar-refractivity contribution in [2.45, 2.75) is 13.8 Å². The van der Waals surface area contributed by atoms with Gasteiger partial charge in [-0.2, -0.15) is 10.1 Å². The lowest BCUT2D eigenvalue weighted by atomic mass is 10.1. The van der Waals surface area contributed by atoms with Crippen molar-refractivity contribution in [3.63, 3.8) is 0 Å². The van der Waals surface area contributed by atoms with Crippen molar-refractivity contribution in [3.05, 3.63) is 36.3 Å². The number of pyridine rings is 1. The molecule has 3 aromatic heterocycles. The van der Waals surface area contributed by atoms with Crippen LogP contribution >= 0.6 is 0 Å². The molecule has 9 heteroatoms. The summed E-state index contributed by atoms with van der Waals surface area (Å²) in [4.78, 5) is 24.1. The van der Waals surface area contributed by atoms with Gasteiger partial charge in [0.05, 0.1) is 18.5 Å². The molecular weight excluding hydrogens is 334 g/mol. The van der Waals surface area contributed by atoms with E-state index in [1.54, 1.807) is 23.0 Å². The largest absolute Gasteiger partial charge is 0.467 e. The minimum absolute atomic E-state index is 0.200. The molecule has 3 rings (SSSR count). The van der Waals surface area contributed by atoms with E-state index in [0.717, 1.165) is 17.0 Å². The van der Waals surface area contributed by atoms with Crippen LogP contribution in [0, 0.1) is 6.92 Å². The number of anilines is 3. The summed E-state index contributed by atoms with van der Waals surface area (Å²) in [5.41, 5.74) is 2.97. The zero-order valence-electron chi connectivity index (χ0n) is 14.9. The molecule has 0 saturated heterocycles. The topological polar surface area (TPSA) is 107 Å². The summed E-state index contributed by atoms with van der Waals surface area (Å²) in [6.07, 6.45) is 3.50. The first kappa shape index (κ1) is 17.3. The van der Waals surface area contributed by atoms with Crippen LogP contribution in [-0.2, 0) is 11.8 Å². The molecule has 0 fully saturated rings. The molecule has 0 radical (unpaired) electrons. The van der Waals surface area contributed by atoms with Crippen LogP contribution in [0.15, 0.2) is 30.6 Å². The number of aryl methyl sites for hydroxylation is 2. The molecule has 0 aliphatic heterocycles. The van der Waals surface area contributed by atoms with Gasteiger partial charge in [-0.3, -0.25) is 9.48 Å². The molecule has 3 heterocycles. The number of carbonyl (C=O) groups is 1. The molecule has 0 bridgehead atoms. The molecule has 0 aliphatic rings. The van der Waals surface area contributed by atoms with Crippen molar-refractivity contribution in [1.29, 1.82) is 0 Å². The molecule has 9 nitrogen and oxygen atoms in total. The fraction of sp³-hybridized carbons (Fsp3) is 0.235. The Kier molecular flexibility index (Phi) is 4.78. The second kappa shape index (κ2) is 7.18. The van der Waals surface area contributed by atoms with E-state index in [4.69, 9.17) is 4.74 Å². The van der Waals surface area contributed by atoms with Crippen molar-refractivity contribution in [1.82, 2.24) is 24.7 Å².